The number of carbonyl (C=O) groups is 4. The van der Waals surface area contributed by atoms with Gasteiger partial charge in [0.2, 0.25) is 29.7 Å². The van der Waals surface area contributed by atoms with Crippen LogP contribution in [0.5, 0.6) is 0 Å². The molecule has 3 rings (SSSR count). The molecule has 0 saturated heterocycles. The van der Waals surface area contributed by atoms with Crippen molar-refractivity contribution in [1.29, 1.82) is 0 Å². The third kappa shape index (κ3) is 5.78. The van der Waals surface area contributed by atoms with E-state index in [0.717, 1.165) is 4.58 Å². The van der Waals surface area contributed by atoms with E-state index in [1.54, 1.807) is 0 Å². The molecule has 4 N–H and O–H groups in total. The summed E-state index contributed by atoms with van der Waals surface area (Å²) in [6.07, 6.45) is 10.5. The summed E-state index contributed by atoms with van der Waals surface area (Å²) >= 11 is 0. The first-order valence-electron chi connectivity index (χ1n) is 10.5. The summed E-state index contributed by atoms with van der Waals surface area (Å²) in [6, 6.07) is -0.852. The second kappa shape index (κ2) is 10.6. The minimum atomic E-state index is -1.22. The summed E-state index contributed by atoms with van der Waals surface area (Å²) < 4.78 is 1.11. The first-order chi connectivity index (χ1) is 17.0. The fourth-order valence-corrected chi connectivity index (χ4v) is 3.86. The zero-order valence-electron chi connectivity index (χ0n) is 18.7. The van der Waals surface area contributed by atoms with E-state index in [9.17, 15) is 28.8 Å². The predicted octanol–water partition coefficient (Wildman–Crippen LogP) is -2.01. The van der Waals surface area contributed by atoms with Crippen LogP contribution < -0.4 is 21.3 Å². The molecule has 0 amide bonds. The van der Waals surface area contributed by atoms with Crippen LogP contribution in [0.4, 0.5) is 0 Å². The Morgan fingerprint density at radius 1 is 0.667 bits per heavy atom. The van der Waals surface area contributed by atoms with Crippen molar-refractivity contribution in [2.45, 2.75) is 18.9 Å². The van der Waals surface area contributed by atoms with Gasteiger partial charge in [-0.05, 0) is 35.5 Å². The molecule has 1 heterocycles. The molecule has 1 aromatic rings. The normalized spacial score (nSPS) is 14.7. The van der Waals surface area contributed by atoms with Gasteiger partial charge in [0.1, 0.15) is 0 Å². The molecule has 0 bridgehead atoms. The molecule has 12 nitrogen and oxygen atoms in total. The van der Waals surface area contributed by atoms with E-state index in [1.165, 1.54) is 53.8 Å². The Morgan fingerprint density at radius 3 is 1.47 bits per heavy atom. The minimum absolute atomic E-state index is 0.0763. The molecule has 36 heavy (non-hydrogen) atoms. The molecule has 0 fully saturated rings. The third-order valence-electron chi connectivity index (χ3n) is 5.46. The highest BCUT2D eigenvalue weighted by atomic mass is 16.4. The fraction of sp³-hybridized carbons (Fsp3) is 0.208. The Labute approximate surface area is 202 Å². The minimum Gasteiger partial charge on any atom is -0.481 e. The zero-order chi connectivity index (χ0) is 26.6. The molecule has 0 atom stereocenters. The van der Waals surface area contributed by atoms with Gasteiger partial charge in [0.15, 0.2) is 0 Å². The number of allylic oxidation sites excluding steroid dienone is 6. The molecule has 2 aliphatic rings. The smallest absolute Gasteiger partial charge is 0.369 e. The molecule has 186 valence electrons. The van der Waals surface area contributed by atoms with Gasteiger partial charge in [0.05, 0.1) is 29.3 Å². The maximum Gasteiger partial charge on any atom is 0.369 e. The quantitative estimate of drug-likeness (QED) is 0.276. The van der Waals surface area contributed by atoms with Crippen LogP contribution in [0.3, 0.4) is 0 Å². The van der Waals surface area contributed by atoms with Crippen molar-refractivity contribution in [3.8, 4) is 0 Å². The lowest BCUT2D eigenvalue weighted by Gasteiger charge is -2.27. The van der Waals surface area contributed by atoms with Crippen LogP contribution in [0.2, 0.25) is 0 Å². The summed E-state index contributed by atoms with van der Waals surface area (Å²) in [6.45, 7) is -1.10. The Morgan fingerprint density at radius 2 is 1.08 bits per heavy atom. The summed E-state index contributed by atoms with van der Waals surface area (Å²) in [7, 11) is 0. The Kier molecular flexibility index (Phi) is 7.58. The molecule has 1 aromatic carbocycles. The fourth-order valence-electron chi connectivity index (χ4n) is 3.86. The van der Waals surface area contributed by atoms with E-state index < -0.39 is 66.7 Å². The zero-order valence-corrected chi connectivity index (χ0v) is 18.7. The van der Waals surface area contributed by atoms with Gasteiger partial charge in [-0.3, -0.25) is 19.2 Å². The standard InChI is InChI=1S/C24H20N2O10/c27-17(28)9-16(10-18(29)30)25-7-5-14(6-8-25)22-23(35)21(24(22)36)13-1-3-15(4-2-13)26(11-19(31)32)12-20(33)34/h1-8,16H,9-12H2,(H3-,27,28,29,30,31,32,33,34)/p+1. The second-order valence-corrected chi connectivity index (χ2v) is 7.98. The number of nitrogens with zero attached hydrogens (tertiary/aromatic N) is 2. The molecule has 12 heteroatoms. The second-order valence-electron chi connectivity index (χ2n) is 7.98. The lowest BCUT2D eigenvalue weighted by Crippen LogP contribution is -2.66. The number of carboxylic acids is 4. The molecule has 1 aliphatic heterocycles. The highest BCUT2D eigenvalue weighted by Crippen LogP contribution is 2.17. The molecular weight excluding hydrogens is 476 g/mol. The van der Waals surface area contributed by atoms with Crippen LogP contribution in [-0.4, -0.2) is 78.6 Å². The monoisotopic (exact) mass is 497 g/mol. The summed E-state index contributed by atoms with van der Waals surface area (Å²) in [5.74, 6) is -4.79. The van der Waals surface area contributed by atoms with E-state index in [4.69, 9.17) is 20.4 Å². The maximum absolute atomic E-state index is 12.8. The number of carboxylic acid groups (broad SMARTS) is 4. The number of hydrogen-bond acceptors (Lipinski definition) is 7. The van der Waals surface area contributed by atoms with Crippen molar-refractivity contribution in [1.82, 2.24) is 4.90 Å². The SMILES string of the molecule is O=C(O)CC(CC(=O)O)N1C=CC(=c2c(=O)c(=C3C=CC(=[N+](CC(=O)O)CC(=O)O)C=C3)c2=O)C=C1. The van der Waals surface area contributed by atoms with E-state index in [-0.39, 0.29) is 21.7 Å². The van der Waals surface area contributed by atoms with Gasteiger partial charge in [-0.1, -0.05) is 0 Å². The first-order valence-corrected chi connectivity index (χ1v) is 10.5. The number of rotatable bonds is 9. The molecular formula is C24H21N2O10+. The van der Waals surface area contributed by atoms with Crippen LogP contribution in [0.15, 0.2) is 58.4 Å². The average Bonchev–Trinajstić information content (AvgIpc) is 2.78. The lowest BCUT2D eigenvalue weighted by atomic mass is 9.98. The van der Waals surface area contributed by atoms with Crippen LogP contribution in [0, 0.1) is 0 Å². The van der Waals surface area contributed by atoms with Crippen LogP contribution >= 0.6 is 0 Å². The largest absolute Gasteiger partial charge is 0.481 e. The van der Waals surface area contributed by atoms with Gasteiger partial charge >= 0.3 is 23.9 Å². The van der Waals surface area contributed by atoms with Crippen molar-refractivity contribution in [2.24, 2.45) is 0 Å². The topological polar surface area (TPSA) is 190 Å². The van der Waals surface area contributed by atoms with Crippen molar-refractivity contribution in [3.63, 3.8) is 0 Å². The highest BCUT2D eigenvalue weighted by molar-refractivity contribution is 6.06. The van der Waals surface area contributed by atoms with Crippen LogP contribution in [-0.2, 0) is 19.2 Å². The van der Waals surface area contributed by atoms with Crippen LogP contribution in [0.25, 0.3) is 11.1 Å². The van der Waals surface area contributed by atoms with Gasteiger partial charge in [-0.15, -0.1) is 0 Å². The van der Waals surface area contributed by atoms with E-state index in [1.807, 2.05) is 0 Å². The first kappa shape index (κ1) is 25.7. The Hall–Kier alpha value is -4.87. The summed E-state index contributed by atoms with van der Waals surface area (Å²) in [4.78, 5) is 71.1. The number of hydrogen-bond donors (Lipinski definition) is 4. The summed E-state index contributed by atoms with van der Waals surface area (Å²) in [5.41, 5.74) is -0.174. The Balaban J connectivity index is 1.93. The predicted molar refractivity (Wildman–Crippen MR) is 124 cm³/mol. The van der Waals surface area contributed by atoms with Crippen molar-refractivity contribution < 1.29 is 44.2 Å². The van der Waals surface area contributed by atoms with E-state index >= 15 is 0 Å². The maximum atomic E-state index is 12.8. The van der Waals surface area contributed by atoms with Crippen molar-refractivity contribution in [2.75, 3.05) is 13.1 Å². The molecule has 0 saturated carbocycles. The number of aliphatic carboxylic acids is 4. The van der Waals surface area contributed by atoms with E-state index in [2.05, 4.69) is 0 Å². The molecule has 0 spiro atoms. The Bertz CT molecular complexity index is 1400. The van der Waals surface area contributed by atoms with E-state index in [0.29, 0.717) is 5.57 Å². The van der Waals surface area contributed by atoms with Gasteiger partial charge < -0.3 is 25.3 Å². The van der Waals surface area contributed by atoms with Crippen LogP contribution in [0.1, 0.15) is 12.8 Å². The lowest BCUT2D eigenvalue weighted by molar-refractivity contribution is -0.507. The summed E-state index contributed by atoms with van der Waals surface area (Å²) in [5, 5.41) is 35.9. The van der Waals surface area contributed by atoms with Gasteiger partial charge in [0.25, 0.3) is 0 Å². The average molecular weight is 497 g/mol. The molecule has 1 aliphatic carbocycles. The van der Waals surface area contributed by atoms with Gasteiger partial charge in [-0.25, -0.2) is 14.2 Å². The van der Waals surface area contributed by atoms with Gasteiger partial charge in [0, 0.05) is 24.6 Å². The van der Waals surface area contributed by atoms with Crippen molar-refractivity contribution in [3.05, 3.63) is 79.7 Å². The van der Waals surface area contributed by atoms with Gasteiger partial charge in [-0.2, -0.15) is 0 Å². The molecule has 0 radical (unpaired) electrons. The molecule has 0 unspecified atom stereocenters. The third-order valence-corrected chi connectivity index (χ3v) is 5.46. The van der Waals surface area contributed by atoms with Crippen molar-refractivity contribution >= 4 is 40.7 Å². The molecule has 0 aromatic heterocycles. The highest BCUT2D eigenvalue weighted by Gasteiger charge is 2.24.